The van der Waals surface area contributed by atoms with Gasteiger partial charge >= 0.3 is 5.97 Å². The molecule has 1 aromatic carbocycles. The predicted molar refractivity (Wildman–Crippen MR) is 66.9 cm³/mol. The van der Waals surface area contributed by atoms with Crippen molar-refractivity contribution in [2.45, 2.75) is 13.3 Å². The number of ether oxygens (including phenoxy) is 1. The zero-order chi connectivity index (χ0) is 14.0. The van der Waals surface area contributed by atoms with Crippen LogP contribution in [0.25, 0.3) is 11.3 Å². The van der Waals surface area contributed by atoms with Crippen LogP contribution in [0.2, 0.25) is 0 Å². The highest BCUT2D eigenvalue weighted by Gasteiger charge is 2.14. The van der Waals surface area contributed by atoms with E-state index in [0.29, 0.717) is 29.0 Å². The first kappa shape index (κ1) is 13.1. The third-order valence-corrected chi connectivity index (χ3v) is 2.83. The number of nitrogens with one attached hydrogen (secondary N) is 1. The van der Waals surface area contributed by atoms with Gasteiger partial charge in [0.05, 0.1) is 12.8 Å². The minimum absolute atomic E-state index is 0.0473. The van der Waals surface area contributed by atoms with Crippen molar-refractivity contribution < 1.29 is 19.0 Å². The zero-order valence-corrected chi connectivity index (χ0v) is 10.5. The molecule has 0 aliphatic carbocycles. The Morgan fingerprint density at radius 2 is 2.21 bits per heavy atom. The molecule has 0 spiro atoms. The molecular weight excluding hydrogens is 251 g/mol. The third-order valence-electron chi connectivity index (χ3n) is 2.83. The summed E-state index contributed by atoms with van der Waals surface area (Å²) >= 11 is 0. The Labute approximate surface area is 109 Å². The molecular formula is C13H13FN2O3. The molecule has 0 saturated carbocycles. The summed E-state index contributed by atoms with van der Waals surface area (Å²) in [6.07, 6.45) is 0.510. The molecule has 2 N–H and O–H groups in total. The van der Waals surface area contributed by atoms with Crippen LogP contribution in [0.4, 0.5) is 4.39 Å². The number of H-pyrrole nitrogens is 1. The van der Waals surface area contributed by atoms with Crippen molar-refractivity contribution in [3.05, 3.63) is 35.3 Å². The normalized spacial score (nSPS) is 10.5. The highest BCUT2D eigenvalue weighted by atomic mass is 19.1. The number of hydrogen-bond donors (Lipinski definition) is 2. The van der Waals surface area contributed by atoms with Gasteiger partial charge < -0.3 is 9.84 Å². The summed E-state index contributed by atoms with van der Waals surface area (Å²) in [5.41, 5.74) is 1.27. The summed E-state index contributed by atoms with van der Waals surface area (Å²) in [4.78, 5) is 10.8. The molecule has 2 rings (SSSR count). The van der Waals surface area contributed by atoms with Gasteiger partial charge in [-0.3, -0.25) is 5.10 Å². The lowest BCUT2D eigenvalue weighted by molar-refractivity contribution is 0.0690. The van der Waals surface area contributed by atoms with E-state index in [1.807, 2.05) is 6.92 Å². The summed E-state index contributed by atoms with van der Waals surface area (Å²) < 4.78 is 19.1. The number of aromatic nitrogens is 2. The van der Waals surface area contributed by atoms with Crippen LogP contribution >= 0.6 is 0 Å². The number of carboxylic acids is 1. The van der Waals surface area contributed by atoms with Crippen molar-refractivity contribution in [2.75, 3.05) is 7.11 Å². The Bertz CT molecular complexity index is 622. The number of benzene rings is 1. The van der Waals surface area contributed by atoms with Crippen LogP contribution in [0.15, 0.2) is 18.2 Å². The van der Waals surface area contributed by atoms with Gasteiger partial charge in [-0.15, -0.1) is 0 Å². The number of rotatable bonds is 4. The quantitative estimate of drug-likeness (QED) is 0.889. The monoisotopic (exact) mass is 264 g/mol. The minimum Gasteiger partial charge on any atom is -0.496 e. The smallest absolute Gasteiger partial charge is 0.353 e. The van der Waals surface area contributed by atoms with Gasteiger partial charge in [0.25, 0.3) is 0 Å². The number of aromatic carboxylic acids is 1. The Hall–Kier alpha value is -2.37. The van der Waals surface area contributed by atoms with E-state index >= 15 is 0 Å². The van der Waals surface area contributed by atoms with Gasteiger partial charge in [0.15, 0.2) is 0 Å². The van der Waals surface area contributed by atoms with Crippen molar-refractivity contribution in [3.63, 3.8) is 0 Å². The first-order chi connectivity index (χ1) is 9.06. The van der Waals surface area contributed by atoms with Gasteiger partial charge in [-0.05, 0) is 24.6 Å². The second kappa shape index (κ2) is 5.09. The van der Waals surface area contributed by atoms with Crippen LogP contribution in [-0.4, -0.2) is 28.4 Å². The van der Waals surface area contributed by atoms with Gasteiger partial charge in [-0.2, -0.15) is 5.10 Å². The van der Waals surface area contributed by atoms with Gasteiger partial charge in [0.2, 0.25) is 0 Å². The topological polar surface area (TPSA) is 75.2 Å². The van der Waals surface area contributed by atoms with Gasteiger partial charge in [0.1, 0.15) is 17.3 Å². The highest BCUT2D eigenvalue weighted by molar-refractivity contribution is 5.86. The second-order valence-corrected chi connectivity index (χ2v) is 3.96. The Morgan fingerprint density at radius 3 is 2.74 bits per heavy atom. The van der Waals surface area contributed by atoms with E-state index in [0.717, 1.165) is 0 Å². The number of nitrogens with zero attached hydrogens (tertiary/aromatic N) is 1. The van der Waals surface area contributed by atoms with E-state index < -0.39 is 11.8 Å². The average molecular weight is 264 g/mol. The van der Waals surface area contributed by atoms with E-state index in [2.05, 4.69) is 10.2 Å². The third kappa shape index (κ3) is 2.42. The van der Waals surface area contributed by atoms with Crippen LogP contribution < -0.4 is 4.74 Å². The summed E-state index contributed by atoms with van der Waals surface area (Å²) in [5, 5.41) is 15.0. The summed E-state index contributed by atoms with van der Waals surface area (Å²) in [7, 11) is 1.46. The van der Waals surface area contributed by atoms with Crippen LogP contribution in [0.3, 0.4) is 0 Å². The van der Waals surface area contributed by atoms with E-state index in [1.54, 1.807) is 6.07 Å². The van der Waals surface area contributed by atoms with Crippen molar-refractivity contribution >= 4 is 5.97 Å². The maximum atomic E-state index is 13.9. The lowest BCUT2D eigenvalue weighted by Crippen LogP contribution is -1.96. The Kier molecular flexibility index (Phi) is 3.50. The number of methoxy groups -OCH3 is 1. The first-order valence-electron chi connectivity index (χ1n) is 5.72. The molecule has 2 aromatic rings. The fourth-order valence-corrected chi connectivity index (χ4v) is 1.86. The first-order valence-corrected chi connectivity index (χ1v) is 5.72. The molecule has 1 aromatic heterocycles. The standard InChI is InChI=1S/C13H13FN2O3/c1-3-8-9(14)4-7(5-12(8)19-2)10-6-11(13(17)18)16-15-10/h4-6H,3H2,1-2H3,(H,15,16)(H,17,18). The number of carboxylic acid groups (broad SMARTS) is 1. The van der Waals surface area contributed by atoms with Crippen molar-refractivity contribution in [1.29, 1.82) is 0 Å². The lowest BCUT2D eigenvalue weighted by atomic mass is 10.0. The maximum absolute atomic E-state index is 13.9. The number of hydrogen-bond acceptors (Lipinski definition) is 3. The molecule has 5 nitrogen and oxygen atoms in total. The number of carbonyl (C=O) groups is 1. The second-order valence-electron chi connectivity index (χ2n) is 3.96. The van der Waals surface area contributed by atoms with Crippen molar-refractivity contribution in [3.8, 4) is 17.0 Å². The fourth-order valence-electron chi connectivity index (χ4n) is 1.86. The molecule has 0 radical (unpaired) electrons. The minimum atomic E-state index is -1.11. The molecule has 0 bridgehead atoms. The molecule has 6 heteroatoms. The van der Waals surface area contributed by atoms with Gasteiger partial charge in [0, 0.05) is 11.1 Å². The van der Waals surface area contributed by atoms with Crippen LogP contribution in [-0.2, 0) is 6.42 Å². The largest absolute Gasteiger partial charge is 0.496 e. The predicted octanol–water partition coefficient (Wildman–Crippen LogP) is 2.49. The van der Waals surface area contributed by atoms with Crippen molar-refractivity contribution in [1.82, 2.24) is 10.2 Å². The molecule has 0 saturated heterocycles. The Morgan fingerprint density at radius 1 is 1.47 bits per heavy atom. The van der Waals surface area contributed by atoms with E-state index in [4.69, 9.17) is 9.84 Å². The molecule has 19 heavy (non-hydrogen) atoms. The number of halogens is 1. The molecule has 1 heterocycles. The molecule has 0 fully saturated rings. The van der Waals surface area contributed by atoms with Gasteiger partial charge in [-0.1, -0.05) is 6.92 Å². The maximum Gasteiger partial charge on any atom is 0.353 e. The van der Waals surface area contributed by atoms with Crippen LogP contribution in [0.1, 0.15) is 23.0 Å². The van der Waals surface area contributed by atoms with E-state index in [9.17, 15) is 9.18 Å². The summed E-state index contributed by atoms with van der Waals surface area (Å²) in [6.45, 7) is 1.83. The molecule has 100 valence electrons. The lowest BCUT2D eigenvalue weighted by Gasteiger charge is -2.09. The molecule has 0 aliphatic heterocycles. The fraction of sp³-hybridized carbons (Fsp3) is 0.231. The van der Waals surface area contributed by atoms with Crippen LogP contribution in [0.5, 0.6) is 5.75 Å². The van der Waals surface area contributed by atoms with E-state index in [-0.39, 0.29) is 5.69 Å². The molecule has 0 unspecified atom stereocenters. The SMILES string of the molecule is CCc1c(F)cc(-c2cc(C(=O)O)[nH]n2)cc1OC. The summed E-state index contributed by atoms with van der Waals surface area (Å²) in [6, 6.07) is 4.31. The van der Waals surface area contributed by atoms with E-state index in [1.165, 1.54) is 19.2 Å². The average Bonchev–Trinajstić information content (AvgIpc) is 2.87. The highest BCUT2D eigenvalue weighted by Crippen LogP contribution is 2.29. The van der Waals surface area contributed by atoms with Crippen molar-refractivity contribution in [2.24, 2.45) is 0 Å². The number of aromatic amines is 1. The molecule has 0 aliphatic rings. The van der Waals surface area contributed by atoms with Crippen LogP contribution in [0, 0.1) is 5.82 Å². The summed E-state index contributed by atoms with van der Waals surface area (Å²) in [5.74, 6) is -1.08. The van der Waals surface area contributed by atoms with Gasteiger partial charge in [-0.25, -0.2) is 9.18 Å². The Balaban J connectivity index is 2.50. The zero-order valence-electron chi connectivity index (χ0n) is 10.5. The molecule has 0 atom stereocenters. The molecule has 0 amide bonds.